The number of hydrogen-bond donors (Lipinski definition) is 1. The van der Waals surface area contributed by atoms with Gasteiger partial charge in [0, 0.05) is 39.3 Å². The van der Waals surface area contributed by atoms with Gasteiger partial charge in [-0.05, 0) is 25.3 Å². The quantitative estimate of drug-likeness (QED) is 0.342. The van der Waals surface area contributed by atoms with Gasteiger partial charge in [-0.1, -0.05) is 43.2 Å². The zero-order valence-corrected chi connectivity index (χ0v) is 22.0. The molecule has 180 valence electrons. The number of ether oxygens (including phenoxy) is 1. The van der Waals surface area contributed by atoms with Gasteiger partial charge in [0.1, 0.15) is 12.4 Å². The van der Waals surface area contributed by atoms with Gasteiger partial charge in [0.2, 0.25) is 0 Å². The summed E-state index contributed by atoms with van der Waals surface area (Å²) < 4.78 is 8.23. The molecule has 0 spiro atoms. The number of fused-ring (bicyclic) bond motifs is 1. The maximum absolute atomic E-state index is 6.21. The summed E-state index contributed by atoms with van der Waals surface area (Å²) in [6.45, 7) is 7.07. The van der Waals surface area contributed by atoms with Crippen LogP contribution in [0.2, 0.25) is 0 Å². The molecule has 2 unspecified atom stereocenters. The minimum Gasteiger partial charge on any atom is -0.373 e. The molecule has 1 aromatic carbocycles. The lowest BCUT2D eigenvalue weighted by atomic mass is 10.1. The number of rotatable bonds is 5. The molecule has 33 heavy (non-hydrogen) atoms. The van der Waals surface area contributed by atoms with Gasteiger partial charge in [-0.2, -0.15) is 0 Å². The Morgan fingerprint density at radius 2 is 1.94 bits per heavy atom. The van der Waals surface area contributed by atoms with Crippen LogP contribution in [0.15, 0.2) is 35.3 Å². The zero-order valence-electron chi connectivity index (χ0n) is 19.7. The normalized spacial score (nSPS) is 24.1. The molecule has 3 aliphatic rings. The van der Waals surface area contributed by atoms with E-state index in [-0.39, 0.29) is 30.1 Å². The summed E-state index contributed by atoms with van der Waals surface area (Å²) in [6, 6.07) is 11.7. The van der Waals surface area contributed by atoms with E-state index in [4.69, 9.17) is 9.73 Å². The predicted octanol–water partition coefficient (Wildman–Crippen LogP) is 2.71. The molecule has 3 fully saturated rings. The second kappa shape index (κ2) is 11.1. The lowest BCUT2D eigenvalue weighted by Crippen LogP contribution is -2.50. The van der Waals surface area contributed by atoms with E-state index in [2.05, 4.69) is 55.6 Å². The number of hydrogen-bond acceptors (Lipinski definition) is 5. The molecule has 2 saturated heterocycles. The van der Waals surface area contributed by atoms with Crippen LogP contribution < -0.4 is 5.32 Å². The monoisotopic (exact) mass is 565 g/mol. The van der Waals surface area contributed by atoms with E-state index in [1.54, 1.807) is 0 Å². The van der Waals surface area contributed by atoms with Crippen molar-refractivity contribution in [3.05, 3.63) is 47.5 Å². The second-order valence-electron chi connectivity index (χ2n) is 9.33. The van der Waals surface area contributed by atoms with Gasteiger partial charge in [-0.25, -0.2) is 4.99 Å². The van der Waals surface area contributed by atoms with Gasteiger partial charge in [-0.15, -0.1) is 34.2 Å². The van der Waals surface area contributed by atoms with Crippen LogP contribution in [0, 0.1) is 6.92 Å². The smallest absolute Gasteiger partial charge is 0.194 e. The fraction of sp³-hybridized carbons (Fsp3) is 0.625. The number of nitrogens with zero attached hydrogens (tertiary/aromatic N) is 6. The van der Waals surface area contributed by atoms with Crippen molar-refractivity contribution < 1.29 is 4.74 Å². The molecule has 0 bridgehead atoms. The van der Waals surface area contributed by atoms with E-state index in [1.165, 1.54) is 31.2 Å². The Kier molecular flexibility index (Phi) is 8.24. The van der Waals surface area contributed by atoms with Crippen molar-refractivity contribution >= 4 is 29.9 Å². The molecule has 1 saturated carbocycles. The van der Waals surface area contributed by atoms with Crippen molar-refractivity contribution in [3.8, 4) is 0 Å². The maximum Gasteiger partial charge on any atom is 0.194 e. The number of likely N-dealkylation sites (tertiary alicyclic amines) is 1. The highest BCUT2D eigenvalue weighted by Crippen LogP contribution is 2.26. The molecule has 1 aliphatic carbocycles. The third-order valence-electron chi connectivity index (χ3n) is 7.19. The molecule has 1 aromatic heterocycles. The van der Waals surface area contributed by atoms with E-state index >= 15 is 0 Å². The van der Waals surface area contributed by atoms with Crippen LogP contribution in [0.3, 0.4) is 0 Å². The van der Waals surface area contributed by atoms with Crippen molar-refractivity contribution in [2.45, 2.75) is 63.9 Å². The van der Waals surface area contributed by atoms with Crippen LogP contribution in [0.25, 0.3) is 0 Å². The number of aromatic nitrogens is 3. The summed E-state index contributed by atoms with van der Waals surface area (Å²) in [5, 5.41) is 12.3. The van der Waals surface area contributed by atoms with Gasteiger partial charge >= 0.3 is 0 Å². The molecule has 2 atom stereocenters. The lowest BCUT2D eigenvalue weighted by molar-refractivity contribution is -0.0502. The van der Waals surface area contributed by atoms with Crippen molar-refractivity contribution in [2.75, 3.05) is 26.2 Å². The fourth-order valence-corrected chi connectivity index (χ4v) is 5.17. The third-order valence-corrected chi connectivity index (χ3v) is 7.19. The lowest BCUT2D eigenvalue weighted by Gasteiger charge is -2.36. The summed E-state index contributed by atoms with van der Waals surface area (Å²) in [5.41, 5.74) is 1.36. The average molecular weight is 566 g/mol. The minimum absolute atomic E-state index is 0. The molecular formula is C24H36IN7O. The van der Waals surface area contributed by atoms with Crippen LogP contribution in [-0.4, -0.2) is 75.0 Å². The summed E-state index contributed by atoms with van der Waals surface area (Å²) in [4.78, 5) is 10.0. The highest BCUT2D eigenvalue weighted by molar-refractivity contribution is 14.0. The SMILES string of the molecule is Cc1nnc(CN=C(NC2CCCC2)N2CC3OCCN(Cc4ccccc4)C3C2)n1C.I. The minimum atomic E-state index is 0. The van der Waals surface area contributed by atoms with Crippen LogP contribution in [0.4, 0.5) is 0 Å². The molecule has 0 radical (unpaired) electrons. The number of guanidine groups is 1. The first-order valence-electron chi connectivity index (χ1n) is 12.0. The average Bonchev–Trinajstić information content (AvgIpc) is 3.54. The number of benzene rings is 1. The van der Waals surface area contributed by atoms with Crippen molar-refractivity contribution in [3.63, 3.8) is 0 Å². The Bertz CT molecular complexity index is 928. The Balaban J connectivity index is 0.00000259. The molecule has 3 heterocycles. The Hall–Kier alpha value is -1.72. The fourth-order valence-electron chi connectivity index (χ4n) is 5.17. The van der Waals surface area contributed by atoms with E-state index in [9.17, 15) is 0 Å². The molecular weight excluding hydrogens is 529 g/mol. The summed E-state index contributed by atoms with van der Waals surface area (Å²) in [7, 11) is 2.00. The Morgan fingerprint density at radius 3 is 2.67 bits per heavy atom. The standard InChI is InChI=1S/C24H35N7O.HI/c1-18-27-28-23(29(18)2)14-25-24(26-20-10-6-7-11-20)31-16-21-22(17-31)32-13-12-30(21)15-19-8-4-3-5-9-19;/h3-5,8-9,20-22H,6-7,10-17H2,1-2H3,(H,25,26);1H. The van der Waals surface area contributed by atoms with Gasteiger partial charge < -0.3 is 19.5 Å². The van der Waals surface area contributed by atoms with Gasteiger partial charge in [0.15, 0.2) is 11.8 Å². The first kappa shape index (κ1) is 24.4. The van der Waals surface area contributed by atoms with E-state index in [1.807, 2.05) is 18.5 Å². The van der Waals surface area contributed by atoms with Crippen LogP contribution in [-0.2, 0) is 24.9 Å². The summed E-state index contributed by atoms with van der Waals surface area (Å²) >= 11 is 0. The third kappa shape index (κ3) is 5.68. The molecule has 1 N–H and O–H groups in total. The van der Waals surface area contributed by atoms with Crippen molar-refractivity contribution in [2.24, 2.45) is 12.0 Å². The molecule has 2 aromatic rings. The highest BCUT2D eigenvalue weighted by Gasteiger charge is 2.41. The first-order chi connectivity index (χ1) is 15.7. The topological polar surface area (TPSA) is 70.8 Å². The summed E-state index contributed by atoms with van der Waals surface area (Å²) in [5.74, 6) is 2.81. The molecule has 5 rings (SSSR count). The Morgan fingerprint density at radius 1 is 1.15 bits per heavy atom. The first-order valence-corrected chi connectivity index (χ1v) is 12.0. The number of aryl methyl sites for hydroxylation is 1. The van der Waals surface area contributed by atoms with Crippen molar-refractivity contribution in [1.82, 2.24) is 29.9 Å². The largest absolute Gasteiger partial charge is 0.373 e. The summed E-state index contributed by atoms with van der Waals surface area (Å²) in [6.07, 6.45) is 5.26. The molecule has 8 nitrogen and oxygen atoms in total. The second-order valence-corrected chi connectivity index (χ2v) is 9.33. The number of halogens is 1. The number of morpholine rings is 1. The highest BCUT2D eigenvalue weighted by atomic mass is 127. The molecule has 0 amide bonds. The molecule has 9 heteroatoms. The van der Waals surface area contributed by atoms with Gasteiger partial charge in [0.05, 0.1) is 18.8 Å². The predicted molar refractivity (Wildman–Crippen MR) is 140 cm³/mol. The van der Waals surface area contributed by atoms with E-state index in [0.29, 0.717) is 18.6 Å². The van der Waals surface area contributed by atoms with Gasteiger partial charge in [-0.3, -0.25) is 4.90 Å². The zero-order chi connectivity index (χ0) is 21.9. The molecule has 2 aliphatic heterocycles. The van der Waals surface area contributed by atoms with Gasteiger partial charge in [0.25, 0.3) is 0 Å². The number of aliphatic imine (C=N–C) groups is 1. The Labute approximate surface area is 213 Å². The van der Waals surface area contributed by atoms with Crippen molar-refractivity contribution in [1.29, 1.82) is 0 Å². The van der Waals surface area contributed by atoms with Crippen LogP contribution in [0.5, 0.6) is 0 Å². The number of nitrogens with one attached hydrogen (secondary N) is 1. The van der Waals surface area contributed by atoms with Crippen LogP contribution in [0.1, 0.15) is 42.9 Å². The van der Waals surface area contributed by atoms with E-state index < -0.39 is 0 Å². The van der Waals surface area contributed by atoms with Crippen LogP contribution >= 0.6 is 24.0 Å². The van der Waals surface area contributed by atoms with E-state index in [0.717, 1.165) is 50.4 Å². The maximum atomic E-state index is 6.21.